The van der Waals surface area contributed by atoms with Crippen LogP contribution in [0.2, 0.25) is 0 Å². The molecule has 0 unspecified atom stereocenters. The van der Waals surface area contributed by atoms with Crippen LogP contribution in [-0.4, -0.2) is 43.9 Å². The highest BCUT2D eigenvalue weighted by Crippen LogP contribution is 2.33. The van der Waals surface area contributed by atoms with E-state index in [2.05, 4.69) is 5.32 Å². The molecule has 1 heterocycles. The first-order valence-corrected chi connectivity index (χ1v) is 10.0. The highest BCUT2D eigenvalue weighted by molar-refractivity contribution is 6.04. The van der Waals surface area contributed by atoms with Crippen molar-refractivity contribution in [2.45, 2.75) is 26.7 Å². The highest BCUT2D eigenvalue weighted by Gasteiger charge is 2.28. The van der Waals surface area contributed by atoms with Crippen molar-refractivity contribution in [1.82, 2.24) is 5.32 Å². The lowest BCUT2D eigenvalue weighted by Gasteiger charge is -2.29. The summed E-state index contributed by atoms with van der Waals surface area (Å²) in [5, 5.41) is 2.80. The van der Waals surface area contributed by atoms with Gasteiger partial charge in [0, 0.05) is 12.1 Å². The highest BCUT2D eigenvalue weighted by atomic mass is 16.5. The number of ether oxygens (including phenoxy) is 2. The van der Waals surface area contributed by atoms with E-state index in [0.717, 1.165) is 18.4 Å². The van der Waals surface area contributed by atoms with Gasteiger partial charge >= 0.3 is 0 Å². The third-order valence-corrected chi connectivity index (χ3v) is 4.74. The van der Waals surface area contributed by atoms with Crippen molar-refractivity contribution < 1.29 is 23.9 Å². The standard InChI is InChI=1S/C23H26N2O5/c1-3-4-10-24-22(27)13-25-19-12-17(8-9-21(19)30-15-23(25)28)20(26)14-29-18-7-5-6-16(2)11-18/h5-9,11-12H,3-4,10,13-15H2,1-2H3,(H,24,27). The van der Waals surface area contributed by atoms with Crippen molar-refractivity contribution in [3.63, 3.8) is 0 Å². The largest absolute Gasteiger partial charge is 0.485 e. The lowest BCUT2D eigenvalue weighted by molar-refractivity contribution is -0.125. The fraction of sp³-hybridized carbons (Fsp3) is 0.348. The number of benzene rings is 2. The second kappa shape index (κ2) is 9.91. The number of amides is 2. The molecule has 2 amide bonds. The van der Waals surface area contributed by atoms with Gasteiger partial charge in [0.2, 0.25) is 5.91 Å². The summed E-state index contributed by atoms with van der Waals surface area (Å²) >= 11 is 0. The summed E-state index contributed by atoms with van der Waals surface area (Å²) in [6, 6.07) is 12.3. The first-order chi connectivity index (χ1) is 14.5. The van der Waals surface area contributed by atoms with Gasteiger partial charge in [-0.05, 0) is 49.2 Å². The summed E-state index contributed by atoms with van der Waals surface area (Å²) in [5.74, 6) is 0.278. The van der Waals surface area contributed by atoms with Crippen LogP contribution in [0.15, 0.2) is 42.5 Å². The first-order valence-electron chi connectivity index (χ1n) is 10.0. The minimum Gasteiger partial charge on any atom is -0.485 e. The quantitative estimate of drug-likeness (QED) is 0.508. The van der Waals surface area contributed by atoms with Crippen LogP contribution in [0.5, 0.6) is 11.5 Å². The molecule has 0 radical (unpaired) electrons. The molecule has 0 spiro atoms. The predicted molar refractivity (Wildman–Crippen MR) is 113 cm³/mol. The van der Waals surface area contributed by atoms with E-state index >= 15 is 0 Å². The molecule has 0 atom stereocenters. The molecule has 7 heteroatoms. The van der Waals surface area contributed by atoms with Gasteiger partial charge in [-0.2, -0.15) is 0 Å². The molecule has 3 rings (SSSR count). The van der Waals surface area contributed by atoms with E-state index in [1.807, 2.05) is 32.0 Å². The van der Waals surface area contributed by atoms with Crippen molar-refractivity contribution in [2.75, 3.05) is 31.2 Å². The fourth-order valence-electron chi connectivity index (χ4n) is 3.09. The molecule has 1 N–H and O–H groups in total. The second-order valence-corrected chi connectivity index (χ2v) is 7.18. The number of hydrogen-bond donors (Lipinski definition) is 1. The van der Waals surface area contributed by atoms with E-state index < -0.39 is 0 Å². The van der Waals surface area contributed by atoms with Gasteiger partial charge in [-0.25, -0.2) is 0 Å². The van der Waals surface area contributed by atoms with E-state index in [1.54, 1.807) is 24.3 Å². The minimum absolute atomic E-state index is 0.115. The number of nitrogens with one attached hydrogen (secondary N) is 1. The van der Waals surface area contributed by atoms with E-state index in [0.29, 0.717) is 29.3 Å². The number of hydrogen-bond acceptors (Lipinski definition) is 5. The predicted octanol–water partition coefficient (Wildman–Crippen LogP) is 2.90. The van der Waals surface area contributed by atoms with Crippen molar-refractivity contribution in [1.29, 1.82) is 0 Å². The molecule has 0 bridgehead atoms. The van der Waals surface area contributed by atoms with Gasteiger partial charge in [-0.3, -0.25) is 19.3 Å². The maximum absolute atomic E-state index is 12.6. The molecule has 0 saturated heterocycles. The maximum Gasteiger partial charge on any atom is 0.265 e. The molecule has 0 fully saturated rings. The van der Waals surface area contributed by atoms with Gasteiger partial charge in [0.15, 0.2) is 19.0 Å². The smallest absolute Gasteiger partial charge is 0.265 e. The summed E-state index contributed by atoms with van der Waals surface area (Å²) in [4.78, 5) is 38.6. The molecule has 0 aromatic heterocycles. The van der Waals surface area contributed by atoms with Gasteiger partial charge in [-0.15, -0.1) is 0 Å². The van der Waals surface area contributed by atoms with Gasteiger partial charge in [0.1, 0.15) is 18.0 Å². The van der Waals surface area contributed by atoms with Crippen LogP contribution in [0.1, 0.15) is 35.7 Å². The Morgan fingerprint density at radius 1 is 1.20 bits per heavy atom. The number of rotatable bonds is 9. The van der Waals surface area contributed by atoms with Crippen molar-refractivity contribution in [2.24, 2.45) is 0 Å². The summed E-state index contributed by atoms with van der Waals surface area (Å²) in [6.07, 6.45) is 1.84. The summed E-state index contributed by atoms with van der Waals surface area (Å²) < 4.78 is 11.0. The Kier molecular flexibility index (Phi) is 7.06. The molecule has 2 aromatic carbocycles. The molecule has 158 valence electrons. The Hall–Kier alpha value is -3.35. The Morgan fingerprint density at radius 2 is 2.03 bits per heavy atom. The SMILES string of the molecule is CCCCNC(=O)CN1C(=O)COc2ccc(C(=O)COc3cccc(C)c3)cc21. The first kappa shape index (κ1) is 21.4. The summed E-state index contributed by atoms with van der Waals surface area (Å²) in [6.45, 7) is 4.16. The average Bonchev–Trinajstić information content (AvgIpc) is 2.74. The fourth-order valence-corrected chi connectivity index (χ4v) is 3.09. The topological polar surface area (TPSA) is 84.9 Å². The number of aryl methyl sites for hydroxylation is 1. The van der Waals surface area contributed by atoms with Gasteiger partial charge < -0.3 is 14.8 Å². The van der Waals surface area contributed by atoms with Crippen LogP contribution in [0, 0.1) is 6.92 Å². The van der Waals surface area contributed by atoms with E-state index in [1.165, 1.54) is 4.90 Å². The van der Waals surface area contributed by atoms with Crippen LogP contribution in [0.4, 0.5) is 5.69 Å². The molecular weight excluding hydrogens is 384 g/mol. The zero-order chi connectivity index (χ0) is 21.5. The molecule has 30 heavy (non-hydrogen) atoms. The van der Waals surface area contributed by atoms with Crippen LogP contribution in [-0.2, 0) is 9.59 Å². The summed E-state index contributed by atoms with van der Waals surface area (Å²) in [5.41, 5.74) is 1.84. The number of carbonyl (C=O) groups excluding carboxylic acids is 3. The lowest BCUT2D eigenvalue weighted by Crippen LogP contribution is -2.45. The average molecular weight is 410 g/mol. The number of unbranched alkanes of at least 4 members (excludes halogenated alkanes) is 1. The Labute approximate surface area is 176 Å². The third kappa shape index (κ3) is 5.37. The van der Waals surface area contributed by atoms with Crippen LogP contribution < -0.4 is 19.7 Å². The number of carbonyl (C=O) groups is 3. The third-order valence-electron chi connectivity index (χ3n) is 4.74. The lowest BCUT2D eigenvalue weighted by atomic mass is 10.1. The van der Waals surface area contributed by atoms with E-state index in [-0.39, 0.29) is 37.4 Å². The Balaban J connectivity index is 1.71. The van der Waals surface area contributed by atoms with Crippen molar-refractivity contribution >= 4 is 23.3 Å². The van der Waals surface area contributed by atoms with Gasteiger partial charge in [-0.1, -0.05) is 25.5 Å². The molecule has 0 saturated carbocycles. The molecule has 7 nitrogen and oxygen atoms in total. The summed E-state index contributed by atoms with van der Waals surface area (Å²) in [7, 11) is 0. The van der Waals surface area contributed by atoms with Crippen LogP contribution in [0.25, 0.3) is 0 Å². The number of ketones is 1. The molecule has 1 aliphatic heterocycles. The monoisotopic (exact) mass is 410 g/mol. The molecular formula is C23H26N2O5. The van der Waals surface area contributed by atoms with Crippen LogP contribution >= 0.6 is 0 Å². The van der Waals surface area contributed by atoms with Crippen molar-refractivity contribution in [3.8, 4) is 11.5 Å². The van der Waals surface area contributed by atoms with Gasteiger partial charge in [0.05, 0.1) is 5.69 Å². The normalized spacial score (nSPS) is 12.7. The minimum atomic E-state index is -0.325. The van der Waals surface area contributed by atoms with E-state index in [4.69, 9.17) is 9.47 Å². The number of Topliss-reactive ketones (excluding diaryl/α,β-unsaturated/α-hetero) is 1. The maximum atomic E-state index is 12.6. The van der Waals surface area contributed by atoms with Crippen molar-refractivity contribution in [3.05, 3.63) is 53.6 Å². The van der Waals surface area contributed by atoms with Gasteiger partial charge in [0.25, 0.3) is 5.91 Å². The Bertz CT molecular complexity index is 941. The molecule has 1 aliphatic rings. The number of fused-ring (bicyclic) bond motifs is 1. The zero-order valence-electron chi connectivity index (χ0n) is 17.3. The Morgan fingerprint density at radius 3 is 2.80 bits per heavy atom. The molecule has 0 aliphatic carbocycles. The number of anilines is 1. The van der Waals surface area contributed by atoms with E-state index in [9.17, 15) is 14.4 Å². The number of nitrogens with zero attached hydrogens (tertiary/aromatic N) is 1. The van der Waals surface area contributed by atoms with Crippen LogP contribution in [0.3, 0.4) is 0 Å². The molecule has 2 aromatic rings. The second-order valence-electron chi connectivity index (χ2n) is 7.18. The zero-order valence-corrected chi connectivity index (χ0v) is 17.3.